The predicted molar refractivity (Wildman–Crippen MR) is 96.7 cm³/mol. The number of likely N-dealkylation sites (tertiary alicyclic amines) is 1. The minimum atomic E-state index is -4.44. The standard InChI is InChI=1S/C20H19ClF3NO2/c21-17-8-2-5-14(11-17)18(25-9-3-6-15(12-25)19(26)27)13-4-1-7-16(10-13)20(22,23)24/h1-2,4-5,7-8,10-11,15,18H,3,6,9,12H2,(H,26,27). The molecule has 0 radical (unpaired) electrons. The fraction of sp³-hybridized carbons (Fsp3) is 0.350. The second kappa shape index (κ2) is 7.90. The first-order valence-corrected chi connectivity index (χ1v) is 9.03. The first-order chi connectivity index (χ1) is 12.8. The molecule has 3 rings (SSSR count). The third-order valence-corrected chi connectivity index (χ3v) is 5.10. The minimum absolute atomic E-state index is 0.281. The molecule has 1 N–H and O–H groups in total. The summed E-state index contributed by atoms with van der Waals surface area (Å²) >= 11 is 6.11. The molecule has 3 nitrogen and oxygen atoms in total. The van der Waals surface area contributed by atoms with Gasteiger partial charge in [0.05, 0.1) is 17.5 Å². The fourth-order valence-corrected chi connectivity index (χ4v) is 3.82. The highest BCUT2D eigenvalue weighted by atomic mass is 35.5. The van der Waals surface area contributed by atoms with Crippen LogP contribution < -0.4 is 0 Å². The number of carbonyl (C=O) groups is 1. The van der Waals surface area contributed by atoms with Gasteiger partial charge in [-0.3, -0.25) is 9.69 Å². The lowest BCUT2D eigenvalue weighted by Crippen LogP contribution is -2.41. The van der Waals surface area contributed by atoms with Crippen LogP contribution in [0.25, 0.3) is 0 Å². The lowest BCUT2D eigenvalue weighted by atomic mass is 9.91. The van der Waals surface area contributed by atoms with Crippen molar-refractivity contribution < 1.29 is 23.1 Å². The molecular formula is C20H19ClF3NO2. The number of alkyl halides is 3. The fourth-order valence-electron chi connectivity index (χ4n) is 3.62. The van der Waals surface area contributed by atoms with Crippen LogP contribution in [0.2, 0.25) is 5.02 Å². The molecule has 0 saturated carbocycles. The van der Waals surface area contributed by atoms with Crippen molar-refractivity contribution in [2.75, 3.05) is 13.1 Å². The number of hydrogen-bond acceptors (Lipinski definition) is 2. The second-order valence-electron chi connectivity index (χ2n) is 6.75. The van der Waals surface area contributed by atoms with Gasteiger partial charge in [0.2, 0.25) is 0 Å². The van der Waals surface area contributed by atoms with Crippen molar-refractivity contribution in [1.82, 2.24) is 4.90 Å². The summed E-state index contributed by atoms with van der Waals surface area (Å²) in [6.07, 6.45) is -3.20. The molecule has 27 heavy (non-hydrogen) atoms. The summed E-state index contributed by atoms with van der Waals surface area (Å²) in [5, 5.41) is 9.86. The Morgan fingerprint density at radius 3 is 2.44 bits per heavy atom. The van der Waals surface area contributed by atoms with Gasteiger partial charge >= 0.3 is 12.1 Å². The first kappa shape index (κ1) is 19.7. The molecule has 0 aromatic heterocycles. The maximum Gasteiger partial charge on any atom is 0.416 e. The third kappa shape index (κ3) is 4.62. The van der Waals surface area contributed by atoms with E-state index < -0.39 is 29.7 Å². The number of piperidine rings is 1. The molecule has 0 bridgehead atoms. The van der Waals surface area contributed by atoms with E-state index in [1.807, 2.05) is 4.90 Å². The zero-order chi connectivity index (χ0) is 19.6. The van der Waals surface area contributed by atoms with E-state index in [4.69, 9.17) is 11.6 Å². The maximum absolute atomic E-state index is 13.2. The Balaban J connectivity index is 2.04. The van der Waals surface area contributed by atoms with Crippen LogP contribution in [0.3, 0.4) is 0 Å². The number of carboxylic acids is 1. The molecule has 0 aliphatic carbocycles. The van der Waals surface area contributed by atoms with Crippen molar-refractivity contribution in [1.29, 1.82) is 0 Å². The molecule has 1 heterocycles. The Labute approximate surface area is 160 Å². The number of nitrogens with zero attached hydrogens (tertiary/aromatic N) is 1. The molecule has 2 atom stereocenters. The molecule has 1 saturated heterocycles. The van der Waals surface area contributed by atoms with E-state index in [0.717, 1.165) is 17.7 Å². The Bertz CT molecular complexity index is 825. The summed E-state index contributed by atoms with van der Waals surface area (Å²) in [5.74, 6) is -1.42. The van der Waals surface area contributed by atoms with E-state index in [1.54, 1.807) is 30.3 Å². The smallest absolute Gasteiger partial charge is 0.416 e. The van der Waals surface area contributed by atoms with Crippen LogP contribution in [0.5, 0.6) is 0 Å². The molecule has 1 aliphatic rings. The maximum atomic E-state index is 13.2. The molecular weight excluding hydrogens is 379 g/mol. The lowest BCUT2D eigenvalue weighted by Gasteiger charge is -2.37. The summed E-state index contributed by atoms with van der Waals surface area (Å²) in [6.45, 7) is 0.889. The highest BCUT2D eigenvalue weighted by Crippen LogP contribution is 2.36. The van der Waals surface area contributed by atoms with Crippen LogP contribution >= 0.6 is 11.6 Å². The van der Waals surface area contributed by atoms with Crippen LogP contribution in [-0.2, 0) is 11.0 Å². The molecule has 2 aromatic carbocycles. The normalized spacial score (nSPS) is 19.6. The van der Waals surface area contributed by atoms with Crippen molar-refractivity contribution >= 4 is 17.6 Å². The summed E-state index contributed by atoms with van der Waals surface area (Å²) in [6, 6.07) is 11.7. The van der Waals surface area contributed by atoms with Crippen LogP contribution in [-0.4, -0.2) is 29.1 Å². The predicted octanol–water partition coefficient (Wildman–Crippen LogP) is 5.24. The van der Waals surface area contributed by atoms with Crippen molar-refractivity contribution in [2.24, 2.45) is 5.92 Å². The highest BCUT2D eigenvalue weighted by Gasteiger charge is 2.34. The van der Waals surface area contributed by atoms with Crippen LogP contribution in [0.4, 0.5) is 13.2 Å². The highest BCUT2D eigenvalue weighted by molar-refractivity contribution is 6.30. The molecule has 1 fully saturated rings. The number of hydrogen-bond donors (Lipinski definition) is 1. The van der Waals surface area contributed by atoms with E-state index in [-0.39, 0.29) is 6.54 Å². The van der Waals surface area contributed by atoms with Gasteiger partial charge in [0, 0.05) is 11.6 Å². The number of halogens is 4. The van der Waals surface area contributed by atoms with E-state index in [1.165, 1.54) is 6.07 Å². The molecule has 7 heteroatoms. The SMILES string of the molecule is O=C(O)C1CCCN(C(c2cccc(Cl)c2)c2cccc(C(F)(F)F)c2)C1. The topological polar surface area (TPSA) is 40.5 Å². The van der Waals surface area contributed by atoms with Crippen molar-refractivity contribution in [2.45, 2.75) is 25.1 Å². The number of rotatable bonds is 4. The van der Waals surface area contributed by atoms with Crippen molar-refractivity contribution in [3.05, 3.63) is 70.2 Å². The van der Waals surface area contributed by atoms with Crippen LogP contribution in [0.1, 0.15) is 35.6 Å². The zero-order valence-corrected chi connectivity index (χ0v) is 15.2. The van der Waals surface area contributed by atoms with Crippen molar-refractivity contribution in [3.63, 3.8) is 0 Å². The zero-order valence-electron chi connectivity index (χ0n) is 14.4. The van der Waals surface area contributed by atoms with Gasteiger partial charge in [-0.15, -0.1) is 0 Å². The Morgan fingerprint density at radius 2 is 1.81 bits per heavy atom. The van der Waals surface area contributed by atoms with Gasteiger partial charge in [0.1, 0.15) is 0 Å². The van der Waals surface area contributed by atoms with Gasteiger partial charge in [-0.1, -0.05) is 35.9 Å². The van der Waals surface area contributed by atoms with Crippen molar-refractivity contribution in [3.8, 4) is 0 Å². The first-order valence-electron chi connectivity index (χ1n) is 8.65. The third-order valence-electron chi connectivity index (χ3n) is 4.86. The molecule has 2 aromatic rings. The molecule has 144 valence electrons. The minimum Gasteiger partial charge on any atom is -0.481 e. The monoisotopic (exact) mass is 397 g/mol. The largest absolute Gasteiger partial charge is 0.481 e. The molecule has 2 unspecified atom stereocenters. The quantitative estimate of drug-likeness (QED) is 0.766. The van der Waals surface area contributed by atoms with Gasteiger partial charge < -0.3 is 5.11 Å². The lowest BCUT2D eigenvalue weighted by molar-refractivity contribution is -0.143. The Hall–Kier alpha value is -2.05. The summed E-state index contributed by atoms with van der Waals surface area (Å²) in [7, 11) is 0. The Kier molecular flexibility index (Phi) is 5.77. The average molecular weight is 398 g/mol. The number of aliphatic carboxylic acids is 1. The van der Waals surface area contributed by atoms with Gasteiger partial charge in [0.15, 0.2) is 0 Å². The average Bonchev–Trinajstić information content (AvgIpc) is 2.62. The summed E-state index contributed by atoms with van der Waals surface area (Å²) in [4.78, 5) is 13.4. The number of benzene rings is 2. The summed E-state index contributed by atoms with van der Waals surface area (Å²) in [5.41, 5.74) is 0.491. The van der Waals surface area contributed by atoms with E-state index in [9.17, 15) is 23.1 Å². The van der Waals surface area contributed by atoms with Crippen LogP contribution in [0, 0.1) is 5.92 Å². The van der Waals surface area contributed by atoms with Gasteiger partial charge in [-0.05, 0) is 54.8 Å². The van der Waals surface area contributed by atoms with Crippen LogP contribution in [0.15, 0.2) is 48.5 Å². The second-order valence-corrected chi connectivity index (χ2v) is 7.19. The number of carboxylic acid groups (broad SMARTS) is 1. The van der Waals surface area contributed by atoms with Gasteiger partial charge in [-0.25, -0.2) is 0 Å². The van der Waals surface area contributed by atoms with E-state index >= 15 is 0 Å². The Morgan fingerprint density at radius 1 is 1.15 bits per heavy atom. The van der Waals surface area contributed by atoms with Gasteiger partial charge in [0.25, 0.3) is 0 Å². The van der Waals surface area contributed by atoms with E-state index in [2.05, 4.69) is 0 Å². The molecule has 0 spiro atoms. The van der Waals surface area contributed by atoms with Gasteiger partial charge in [-0.2, -0.15) is 13.2 Å². The molecule has 1 aliphatic heterocycles. The summed E-state index contributed by atoms with van der Waals surface area (Å²) < 4.78 is 39.6. The van der Waals surface area contributed by atoms with E-state index in [0.29, 0.717) is 30.0 Å². The molecule has 0 amide bonds.